The average Bonchev–Trinajstić information content (AvgIpc) is 3.34. The number of hydrogen-bond donors (Lipinski definition) is 2. The van der Waals surface area contributed by atoms with Crippen molar-refractivity contribution in [3.8, 4) is 11.4 Å². The number of sulfonamides is 1. The van der Waals surface area contributed by atoms with Gasteiger partial charge in [0.25, 0.3) is 0 Å². The molecule has 1 atom stereocenters. The maximum atomic E-state index is 12.8. The molecule has 1 saturated carbocycles. The molecule has 1 fully saturated rings. The molecule has 9 nitrogen and oxygen atoms in total. The maximum Gasteiger partial charge on any atom is 0.322 e. The molecule has 0 aliphatic heterocycles. The molecule has 0 saturated heterocycles. The molecule has 1 aliphatic carbocycles. The third kappa shape index (κ3) is 3.89. The fourth-order valence-electron chi connectivity index (χ4n) is 3.94. The molecule has 1 aliphatic rings. The SMILES string of the molecule is CC(C)[C@@H](NS(=O)(=O)c1ccc2oc3cc(-c4noc(C5CCC5)n4)ccc3c2c1)C(=O)O. The zero-order valence-electron chi connectivity index (χ0n) is 18.1. The largest absolute Gasteiger partial charge is 0.480 e. The minimum atomic E-state index is -4.05. The number of fused-ring (bicyclic) bond motifs is 3. The van der Waals surface area contributed by atoms with Gasteiger partial charge in [-0.05, 0) is 49.1 Å². The first-order valence-electron chi connectivity index (χ1n) is 10.8. The second-order valence-corrected chi connectivity index (χ2v) is 10.5. The Balaban J connectivity index is 1.50. The van der Waals surface area contributed by atoms with Gasteiger partial charge in [-0.3, -0.25) is 4.79 Å². The Morgan fingerprint density at radius 2 is 1.91 bits per heavy atom. The third-order valence-corrected chi connectivity index (χ3v) is 7.56. The van der Waals surface area contributed by atoms with Crippen LogP contribution in [-0.2, 0) is 14.8 Å². The second kappa shape index (κ2) is 7.96. The van der Waals surface area contributed by atoms with Crippen molar-refractivity contribution >= 4 is 37.9 Å². The van der Waals surface area contributed by atoms with Crippen LogP contribution in [0.4, 0.5) is 0 Å². The maximum absolute atomic E-state index is 12.8. The number of nitrogens with one attached hydrogen (secondary N) is 1. The van der Waals surface area contributed by atoms with E-state index < -0.39 is 28.0 Å². The van der Waals surface area contributed by atoms with Crippen LogP contribution in [0.25, 0.3) is 33.3 Å². The predicted octanol–water partition coefficient (Wildman–Crippen LogP) is 4.29. The summed E-state index contributed by atoms with van der Waals surface area (Å²) in [4.78, 5) is 15.9. The van der Waals surface area contributed by atoms with Crippen LogP contribution in [0.5, 0.6) is 0 Å². The number of benzene rings is 2. The van der Waals surface area contributed by atoms with E-state index in [0.717, 1.165) is 23.8 Å². The highest BCUT2D eigenvalue weighted by Crippen LogP contribution is 2.37. The minimum absolute atomic E-state index is 0.0306. The molecule has 0 spiro atoms. The van der Waals surface area contributed by atoms with Crippen LogP contribution in [-0.4, -0.2) is 35.7 Å². The molecule has 172 valence electrons. The monoisotopic (exact) mass is 469 g/mol. The van der Waals surface area contributed by atoms with Gasteiger partial charge in [0.05, 0.1) is 4.90 Å². The molecule has 4 aromatic rings. The van der Waals surface area contributed by atoms with E-state index in [1.165, 1.54) is 18.6 Å². The standard InChI is InChI=1S/C23H23N3O6S/c1-12(2)20(23(27)28)26-33(29,30)15-7-9-18-17(11-15)16-8-6-14(10-19(16)31-18)21-24-22(32-25-21)13-4-3-5-13/h6-13,20,26H,3-5H2,1-2H3,(H,27,28)/t20-/m1/s1. The van der Waals surface area contributed by atoms with Gasteiger partial charge in [0.15, 0.2) is 0 Å². The van der Waals surface area contributed by atoms with Gasteiger partial charge in [-0.2, -0.15) is 9.71 Å². The van der Waals surface area contributed by atoms with Gasteiger partial charge >= 0.3 is 5.97 Å². The van der Waals surface area contributed by atoms with Gasteiger partial charge in [0.2, 0.25) is 21.7 Å². The van der Waals surface area contributed by atoms with Crippen LogP contribution in [0.1, 0.15) is 44.9 Å². The number of hydrogen-bond acceptors (Lipinski definition) is 7. The number of carboxylic acid groups (broad SMARTS) is 1. The van der Waals surface area contributed by atoms with E-state index in [1.807, 2.05) is 12.1 Å². The highest BCUT2D eigenvalue weighted by atomic mass is 32.2. The lowest BCUT2D eigenvalue weighted by atomic mass is 9.85. The first-order valence-corrected chi connectivity index (χ1v) is 12.3. The number of carboxylic acids is 1. The molecule has 2 heterocycles. The Morgan fingerprint density at radius 1 is 1.12 bits per heavy atom. The first-order chi connectivity index (χ1) is 15.7. The van der Waals surface area contributed by atoms with Gasteiger partial charge in [-0.1, -0.05) is 31.5 Å². The molecule has 2 aromatic heterocycles. The van der Waals surface area contributed by atoms with Crippen molar-refractivity contribution in [2.45, 2.75) is 50.0 Å². The summed E-state index contributed by atoms with van der Waals surface area (Å²) in [7, 11) is -4.05. The average molecular weight is 470 g/mol. The molecule has 10 heteroatoms. The predicted molar refractivity (Wildman–Crippen MR) is 120 cm³/mol. The van der Waals surface area contributed by atoms with E-state index >= 15 is 0 Å². The molecule has 5 rings (SSSR count). The highest BCUT2D eigenvalue weighted by molar-refractivity contribution is 7.89. The van der Waals surface area contributed by atoms with Crippen molar-refractivity contribution < 1.29 is 27.3 Å². The van der Waals surface area contributed by atoms with E-state index in [9.17, 15) is 18.3 Å². The molecule has 2 aromatic carbocycles. The minimum Gasteiger partial charge on any atom is -0.480 e. The summed E-state index contributed by atoms with van der Waals surface area (Å²) in [5.74, 6) is -0.155. The van der Waals surface area contributed by atoms with Crippen molar-refractivity contribution in [3.63, 3.8) is 0 Å². The lowest BCUT2D eigenvalue weighted by Crippen LogP contribution is -2.44. The quantitative estimate of drug-likeness (QED) is 0.409. The normalized spacial score (nSPS) is 15.8. The van der Waals surface area contributed by atoms with Crippen molar-refractivity contribution in [2.24, 2.45) is 5.92 Å². The van der Waals surface area contributed by atoms with Crippen LogP contribution in [0.15, 0.2) is 50.2 Å². The molecular weight excluding hydrogens is 446 g/mol. The van der Waals surface area contributed by atoms with E-state index in [4.69, 9.17) is 8.94 Å². The molecule has 33 heavy (non-hydrogen) atoms. The van der Waals surface area contributed by atoms with Crippen molar-refractivity contribution in [3.05, 3.63) is 42.3 Å². The van der Waals surface area contributed by atoms with Crippen LogP contribution in [0.3, 0.4) is 0 Å². The lowest BCUT2D eigenvalue weighted by molar-refractivity contribution is -0.140. The lowest BCUT2D eigenvalue weighted by Gasteiger charge is -2.20. The highest BCUT2D eigenvalue weighted by Gasteiger charge is 2.29. The van der Waals surface area contributed by atoms with E-state index in [-0.39, 0.29) is 4.90 Å². The van der Waals surface area contributed by atoms with Crippen molar-refractivity contribution in [1.29, 1.82) is 0 Å². The summed E-state index contributed by atoms with van der Waals surface area (Å²) in [5, 5.41) is 14.8. The van der Waals surface area contributed by atoms with Gasteiger partial charge in [-0.25, -0.2) is 8.42 Å². The third-order valence-electron chi connectivity index (χ3n) is 6.12. The molecule has 0 unspecified atom stereocenters. The van der Waals surface area contributed by atoms with Crippen LogP contribution >= 0.6 is 0 Å². The van der Waals surface area contributed by atoms with Gasteiger partial charge in [-0.15, -0.1) is 0 Å². The van der Waals surface area contributed by atoms with Gasteiger partial charge < -0.3 is 14.0 Å². The Kier molecular flexibility index (Phi) is 5.21. The summed E-state index contributed by atoms with van der Waals surface area (Å²) >= 11 is 0. The van der Waals surface area contributed by atoms with Crippen LogP contribution in [0.2, 0.25) is 0 Å². The zero-order valence-corrected chi connectivity index (χ0v) is 18.9. The number of furan rings is 1. The Labute approximate surface area is 189 Å². The Morgan fingerprint density at radius 3 is 2.58 bits per heavy atom. The number of aromatic nitrogens is 2. The smallest absolute Gasteiger partial charge is 0.322 e. The second-order valence-electron chi connectivity index (χ2n) is 8.74. The van der Waals surface area contributed by atoms with Crippen LogP contribution < -0.4 is 4.72 Å². The molecule has 0 radical (unpaired) electrons. The molecule has 0 amide bonds. The van der Waals surface area contributed by atoms with Gasteiger partial charge in [0, 0.05) is 22.3 Å². The summed E-state index contributed by atoms with van der Waals surface area (Å²) in [5.41, 5.74) is 1.82. The van der Waals surface area contributed by atoms with Crippen molar-refractivity contribution in [2.75, 3.05) is 0 Å². The zero-order chi connectivity index (χ0) is 23.3. The fraction of sp³-hybridized carbons (Fsp3) is 0.348. The summed E-state index contributed by atoms with van der Waals surface area (Å²) in [6.07, 6.45) is 3.30. The van der Waals surface area contributed by atoms with E-state index in [2.05, 4.69) is 14.9 Å². The number of nitrogens with zero attached hydrogens (tertiary/aromatic N) is 2. The number of carbonyl (C=O) groups is 1. The molecular formula is C23H23N3O6S. The summed E-state index contributed by atoms with van der Waals surface area (Å²) in [6.45, 7) is 3.29. The summed E-state index contributed by atoms with van der Waals surface area (Å²) < 4.78 is 39.3. The van der Waals surface area contributed by atoms with E-state index in [0.29, 0.717) is 34.2 Å². The van der Waals surface area contributed by atoms with Crippen molar-refractivity contribution in [1.82, 2.24) is 14.9 Å². The molecule has 2 N–H and O–H groups in total. The van der Waals surface area contributed by atoms with Gasteiger partial charge in [0.1, 0.15) is 17.2 Å². The number of aliphatic carboxylic acids is 1. The summed E-state index contributed by atoms with van der Waals surface area (Å²) in [6, 6.07) is 8.70. The van der Waals surface area contributed by atoms with Crippen LogP contribution in [0, 0.1) is 5.92 Å². The fourth-order valence-corrected chi connectivity index (χ4v) is 5.31. The number of rotatable bonds is 7. The Hall–Kier alpha value is -3.24. The topological polar surface area (TPSA) is 136 Å². The molecule has 0 bridgehead atoms. The van der Waals surface area contributed by atoms with E-state index in [1.54, 1.807) is 26.0 Å². The first kappa shape index (κ1) is 21.6. The Bertz CT molecular complexity index is 1470.